The van der Waals surface area contributed by atoms with Gasteiger partial charge in [-0.15, -0.1) is 0 Å². The van der Waals surface area contributed by atoms with E-state index in [0.29, 0.717) is 17.5 Å². The maximum atomic E-state index is 7.12. The molecule has 0 amide bonds. The topological polar surface area (TPSA) is 60.8 Å². The summed E-state index contributed by atoms with van der Waals surface area (Å²) >= 11 is 0. The fraction of sp³-hybridized carbons (Fsp3) is 0.0182. The van der Waals surface area contributed by atoms with Crippen molar-refractivity contribution in [1.29, 1.82) is 0 Å². The Balaban J connectivity index is 1.03. The van der Waals surface area contributed by atoms with Crippen molar-refractivity contribution in [2.24, 2.45) is 0 Å². The normalized spacial score (nSPS) is 12.9. The van der Waals surface area contributed by atoms with Gasteiger partial charge in [0.2, 0.25) is 0 Å². The molecule has 0 unspecified atom stereocenters. The minimum Gasteiger partial charge on any atom is -0.457 e. The third kappa shape index (κ3) is 5.26. The van der Waals surface area contributed by atoms with E-state index in [-0.39, 0.29) is 0 Å². The second-order valence-electron chi connectivity index (χ2n) is 15.4. The van der Waals surface area contributed by atoms with E-state index in [1.165, 1.54) is 22.3 Å². The Kier molecular flexibility index (Phi) is 7.69. The quantitative estimate of drug-likeness (QED) is 0.175. The summed E-state index contributed by atoms with van der Waals surface area (Å²) in [5, 5.41) is 1.10. The second-order valence-corrected chi connectivity index (χ2v) is 15.4. The lowest BCUT2D eigenvalue weighted by atomic mass is 9.65. The number of pyridine rings is 1. The van der Waals surface area contributed by atoms with Crippen molar-refractivity contribution >= 4 is 10.9 Å². The maximum absolute atomic E-state index is 7.12. The predicted molar refractivity (Wildman–Crippen MR) is 240 cm³/mol. The van der Waals surface area contributed by atoms with Gasteiger partial charge in [-0.1, -0.05) is 176 Å². The molecule has 0 radical (unpaired) electrons. The van der Waals surface area contributed by atoms with Crippen molar-refractivity contribution in [1.82, 2.24) is 19.9 Å². The maximum Gasteiger partial charge on any atom is 0.164 e. The number of hydrogen-bond acceptors (Lipinski definition) is 5. The molecule has 1 aliphatic heterocycles. The summed E-state index contributed by atoms with van der Waals surface area (Å²) in [6.45, 7) is 0. The highest BCUT2D eigenvalue weighted by atomic mass is 16.5. The van der Waals surface area contributed by atoms with Gasteiger partial charge < -0.3 is 4.74 Å². The molecule has 3 heterocycles. The number of hydrogen-bond donors (Lipinski definition) is 0. The Morgan fingerprint density at radius 1 is 0.333 bits per heavy atom. The summed E-state index contributed by atoms with van der Waals surface area (Å²) in [7, 11) is 0. The van der Waals surface area contributed by atoms with E-state index < -0.39 is 5.41 Å². The number of ether oxygens (including phenoxy) is 1. The van der Waals surface area contributed by atoms with Crippen molar-refractivity contribution < 1.29 is 4.74 Å². The molecule has 5 nitrogen and oxygen atoms in total. The van der Waals surface area contributed by atoms with E-state index in [1.54, 1.807) is 0 Å². The molecule has 2 aromatic heterocycles. The molecule has 8 aromatic carbocycles. The van der Waals surface area contributed by atoms with Gasteiger partial charge in [0.1, 0.15) is 11.5 Å². The lowest BCUT2D eigenvalue weighted by Gasteiger charge is -2.39. The number of nitrogens with zero attached hydrogens (tertiary/aromatic N) is 4. The minimum absolute atomic E-state index is 0.585. The van der Waals surface area contributed by atoms with E-state index in [4.69, 9.17) is 24.7 Å². The van der Waals surface area contributed by atoms with Crippen LogP contribution in [0.2, 0.25) is 0 Å². The molecule has 0 saturated carbocycles. The Bertz CT molecular complexity index is 3200. The van der Waals surface area contributed by atoms with Crippen LogP contribution in [0.5, 0.6) is 11.5 Å². The summed E-state index contributed by atoms with van der Waals surface area (Å²) in [6, 6.07) is 70.1. The van der Waals surface area contributed by atoms with Crippen molar-refractivity contribution in [3.8, 4) is 79.0 Å². The van der Waals surface area contributed by atoms with Gasteiger partial charge in [0.05, 0.1) is 10.9 Å². The van der Waals surface area contributed by atoms with Crippen LogP contribution in [0.1, 0.15) is 22.3 Å². The Labute approximate surface area is 347 Å². The molecule has 280 valence electrons. The first-order valence-corrected chi connectivity index (χ1v) is 20.2. The lowest BCUT2D eigenvalue weighted by Crippen LogP contribution is -2.32. The monoisotopic (exact) mass is 766 g/mol. The van der Waals surface area contributed by atoms with Gasteiger partial charge >= 0.3 is 0 Å². The number of rotatable bonds is 5. The molecular weight excluding hydrogens is 733 g/mol. The summed E-state index contributed by atoms with van der Waals surface area (Å²) in [5.74, 6) is 3.53. The number of benzene rings is 8. The zero-order chi connectivity index (χ0) is 39.6. The Morgan fingerprint density at radius 3 is 1.48 bits per heavy atom. The molecule has 12 rings (SSSR count). The Hall–Kier alpha value is -8.02. The average molecular weight is 767 g/mol. The van der Waals surface area contributed by atoms with Gasteiger partial charge in [0.25, 0.3) is 0 Å². The van der Waals surface area contributed by atoms with Gasteiger partial charge in [-0.05, 0) is 63.2 Å². The number of aromatic nitrogens is 4. The fourth-order valence-corrected chi connectivity index (χ4v) is 9.37. The smallest absolute Gasteiger partial charge is 0.164 e. The third-order valence-corrected chi connectivity index (χ3v) is 12.0. The molecule has 0 N–H and O–H groups in total. The predicted octanol–water partition coefficient (Wildman–Crippen LogP) is 13.2. The van der Waals surface area contributed by atoms with Crippen molar-refractivity contribution in [3.05, 3.63) is 229 Å². The number of para-hydroxylation sites is 1. The summed E-state index contributed by atoms with van der Waals surface area (Å²) in [5.41, 5.74) is 14.6. The molecule has 60 heavy (non-hydrogen) atoms. The van der Waals surface area contributed by atoms with Crippen LogP contribution in [0.15, 0.2) is 206 Å². The summed E-state index contributed by atoms with van der Waals surface area (Å²) < 4.78 is 7.12. The molecule has 1 spiro atoms. The zero-order valence-corrected chi connectivity index (χ0v) is 32.3. The molecule has 1 aliphatic carbocycles. The SMILES string of the molecule is c1ccc(-c2nc(-c3ccccc3)nc(-c3cccc(-c4ccc5c(c4)Oc4cc(-c6cccc7cccnc67)ccc4C54c5ccccc5-c5ccccc54)c3)n2)cc1. The van der Waals surface area contributed by atoms with Gasteiger partial charge in [0.15, 0.2) is 17.5 Å². The largest absolute Gasteiger partial charge is 0.457 e. The van der Waals surface area contributed by atoms with Gasteiger partial charge in [-0.3, -0.25) is 4.98 Å². The summed E-state index contributed by atoms with van der Waals surface area (Å²) in [4.78, 5) is 19.8. The highest BCUT2D eigenvalue weighted by Crippen LogP contribution is 2.62. The van der Waals surface area contributed by atoms with Crippen molar-refractivity contribution in [2.45, 2.75) is 5.41 Å². The van der Waals surface area contributed by atoms with E-state index in [0.717, 1.165) is 72.5 Å². The van der Waals surface area contributed by atoms with Crippen molar-refractivity contribution in [3.63, 3.8) is 0 Å². The second kappa shape index (κ2) is 13.5. The fourth-order valence-electron chi connectivity index (χ4n) is 9.37. The number of fused-ring (bicyclic) bond motifs is 10. The molecule has 0 fully saturated rings. The first-order chi connectivity index (χ1) is 29.7. The van der Waals surface area contributed by atoms with Crippen LogP contribution >= 0.6 is 0 Å². The average Bonchev–Trinajstić information content (AvgIpc) is 3.62. The first-order valence-electron chi connectivity index (χ1n) is 20.2. The van der Waals surface area contributed by atoms with Crippen LogP contribution in [0, 0.1) is 0 Å². The standard InChI is InChI=1S/C55H34N4O/c1-3-14-36(15-4-1)52-57-53(37-16-5-2-6-17-37)59-54(58-52)41-20-11-19-38(32-41)39-27-29-47-49(33-39)60-50-34-40(42-24-12-18-35-21-13-31-56-51(35)42)28-30-48(50)55(47)45-25-9-7-22-43(45)44-23-8-10-26-46(44)55/h1-34H. The Morgan fingerprint density at radius 2 is 0.817 bits per heavy atom. The van der Waals surface area contributed by atoms with Gasteiger partial charge in [-0.25, -0.2) is 15.0 Å². The van der Waals surface area contributed by atoms with Crippen molar-refractivity contribution in [2.75, 3.05) is 0 Å². The molecule has 5 heteroatoms. The highest BCUT2D eigenvalue weighted by Gasteiger charge is 2.51. The molecule has 0 bridgehead atoms. The van der Waals surface area contributed by atoms with Crippen LogP contribution < -0.4 is 4.74 Å². The molecule has 10 aromatic rings. The molecule has 0 saturated heterocycles. The van der Waals surface area contributed by atoms with Crippen LogP contribution in [0.3, 0.4) is 0 Å². The molecule has 0 atom stereocenters. The van der Waals surface area contributed by atoms with Crippen LogP contribution in [-0.2, 0) is 5.41 Å². The van der Waals surface area contributed by atoms with Gasteiger partial charge in [0, 0.05) is 45.0 Å². The summed E-state index contributed by atoms with van der Waals surface area (Å²) in [6.07, 6.45) is 1.86. The first kappa shape index (κ1) is 34.1. The van der Waals surface area contributed by atoms with Gasteiger partial charge in [-0.2, -0.15) is 0 Å². The van der Waals surface area contributed by atoms with Crippen LogP contribution in [-0.4, -0.2) is 19.9 Å². The minimum atomic E-state index is -0.585. The molecular formula is C55H34N4O. The third-order valence-electron chi connectivity index (χ3n) is 12.0. The van der Waals surface area contributed by atoms with E-state index in [1.807, 2.05) is 72.9 Å². The molecule has 2 aliphatic rings. The van der Waals surface area contributed by atoms with Crippen LogP contribution in [0.25, 0.3) is 78.4 Å². The van der Waals surface area contributed by atoms with E-state index in [2.05, 4.69) is 133 Å². The van der Waals surface area contributed by atoms with E-state index >= 15 is 0 Å². The lowest BCUT2D eigenvalue weighted by molar-refractivity contribution is 0.437. The van der Waals surface area contributed by atoms with Crippen LogP contribution in [0.4, 0.5) is 0 Å². The van der Waals surface area contributed by atoms with E-state index in [9.17, 15) is 0 Å². The zero-order valence-electron chi connectivity index (χ0n) is 32.3. The highest BCUT2D eigenvalue weighted by molar-refractivity contribution is 5.95.